The number of hydrogen-bond acceptors (Lipinski definition) is 5. The van der Waals surface area contributed by atoms with Crippen molar-refractivity contribution in [3.8, 4) is 0 Å². The number of ether oxygens (including phenoxy) is 1. The highest BCUT2D eigenvalue weighted by Gasteiger charge is 2.18. The van der Waals surface area contributed by atoms with Gasteiger partial charge in [0.25, 0.3) is 0 Å². The van der Waals surface area contributed by atoms with Crippen molar-refractivity contribution >= 4 is 23.4 Å². The molecule has 0 atom stereocenters. The number of amides is 2. The predicted octanol–water partition coefficient (Wildman–Crippen LogP) is 2.32. The van der Waals surface area contributed by atoms with Crippen LogP contribution in [0.15, 0.2) is 24.3 Å². The van der Waals surface area contributed by atoms with Gasteiger partial charge in [-0.15, -0.1) is 0 Å². The van der Waals surface area contributed by atoms with Crippen LogP contribution in [-0.4, -0.2) is 68.8 Å². The molecular weight excluding hydrogens is 344 g/mol. The summed E-state index contributed by atoms with van der Waals surface area (Å²) in [6.45, 7) is 11.8. The normalized spacial score (nSPS) is 15.4. The van der Waals surface area contributed by atoms with E-state index in [1.807, 2.05) is 32.9 Å². The Morgan fingerprint density at radius 2 is 1.70 bits per heavy atom. The van der Waals surface area contributed by atoms with Crippen LogP contribution in [-0.2, 0) is 9.53 Å². The number of rotatable bonds is 5. The number of anilines is 2. The zero-order chi connectivity index (χ0) is 20.0. The van der Waals surface area contributed by atoms with Gasteiger partial charge in [0.15, 0.2) is 0 Å². The largest absolute Gasteiger partial charge is 0.444 e. The van der Waals surface area contributed by atoms with Crippen LogP contribution in [0.5, 0.6) is 0 Å². The molecule has 150 valence electrons. The van der Waals surface area contributed by atoms with E-state index in [1.165, 1.54) is 12.6 Å². The van der Waals surface area contributed by atoms with Crippen molar-refractivity contribution in [3.05, 3.63) is 24.3 Å². The number of carbonyl (C=O) groups excluding carboxylic acids is 2. The lowest BCUT2D eigenvalue weighted by molar-refractivity contribution is -0.116. The third kappa shape index (κ3) is 6.75. The van der Waals surface area contributed by atoms with Crippen LogP contribution in [0.3, 0.4) is 0 Å². The summed E-state index contributed by atoms with van der Waals surface area (Å²) in [4.78, 5) is 30.1. The van der Waals surface area contributed by atoms with E-state index >= 15 is 0 Å². The molecule has 0 bridgehead atoms. The van der Waals surface area contributed by atoms with E-state index in [9.17, 15) is 9.59 Å². The second-order valence-corrected chi connectivity index (χ2v) is 7.91. The van der Waals surface area contributed by atoms with E-state index in [2.05, 4.69) is 34.3 Å². The number of likely N-dealkylation sites (N-methyl/N-ethyl adjacent to an activating group) is 1. The molecular formula is C20H32N4O3. The molecule has 1 heterocycles. The summed E-state index contributed by atoms with van der Waals surface area (Å²) in [6.07, 6.45) is -0.476. The van der Waals surface area contributed by atoms with Crippen molar-refractivity contribution in [3.63, 3.8) is 0 Å². The van der Waals surface area contributed by atoms with Crippen molar-refractivity contribution in [2.45, 2.75) is 33.3 Å². The number of piperazine rings is 1. The third-order valence-electron chi connectivity index (χ3n) is 4.41. The summed E-state index contributed by atoms with van der Waals surface area (Å²) in [5.41, 5.74) is 1.46. The molecule has 7 heteroatoms. The van der Waals surface area contributed by atoms with Gasteiger partial charge in [0.2, 0.25) is 5.91 Å². The van der Waals surface area contributed by atoms with Crippen molar-refractivity contribution in [1.82, 2.24) is 10.2 Å². The Morgan fingerprint density at radius 3 is 2.22 bits per heavy atom. The van der Waals surface area contributed by atoms with Gasteiger partial charge in [-0.2, -0.15) is 0 Å². The predicted molar refractivity (Wildman–Crippen MR) is 108 cm³/mol. The molecule has 1 N–H and O–H groups in total. The van der Waals surface area contributed by atoms with E-state index in [0.717, 1.165) is 31.9 Å². The van der Waals surface area contributed by atoms with Crippen LogP contribution in [0.4, 0.5) is 16.2 Å². The molecule has 1 aromatic carbocycles. The van der Waals surface area contributed by atoms with Crippen molar-refractivity contribution in [2.75, 3.05) is 56.1 Å². The molecule has 0 aromatic heterocycles. The van der Waals surface area contributed by atoms with Crippen molar-refractivity contribution in [2.24, 2.45) is 0 Å². The van der Waals surface area contributed by atoms with E-state index in [4.69, 9.17) is 4.74 Å². The minimum atomic E-state index is -0.538. The Balaban J connectivity index is 1.92. The van der Waals surface area contributed by atoms with Gasteiger partial charge in [-0.05, 0) is 52.1 Å². The van der Waals surface area contributed by atoms with Gasteiger partial charge in [-0.1, -0.05) is 0 Å². The molecule has 2 rings (SSSR count). The first-order chi connectivity index (χ1) is 12.7. The molecule has 0 radical (unpaired) electrons. The van der Waals surface area contributed by atoms with E-state index in [0.29, 0.717) is 13.1 Å². The smallest absolute Gasteiger partial charge is 0.407 e. The Morgan fingerprint density at radius 1 is 1.11 bits per heavy atom. The summed E-state index contributed by atoms with van der Waals surface area (Å²) in [7, 11) is 2.14. The maximum Gasteiger partial charge on any atom is 0.407 e. The maximum absolute atomic E-state index is 12.0. The molecule has 0 spiro atoms. The standard InChI is InChI=1S/C20H32N4O3/c1-16(25)24(11-10-21-19(26)27-20(2,3)4)18-8-6-17(7-9-18)23-14-12-22(5)13-15-23/h6-9H,10-15H2,1-5H3,(H,21,26). The first-order valence-electron chi connectivity index (χ1n) is 9.44. The molecule has 27 heavy (non-hydrogen) atoms. The SMILES string of the molecule is CC(=O)N(CCNC(=O)OC(C)(C)C)c1ccc(N2CCN(C)CC2)cc1. The minimum Gasteiger partial charge on any atom is -0.444 e. The highest BCUT2D eigenvalue weighted by Crippen LogP contribution is 2.22. The van der Waals surface area contributed by atoms with Gasteiger partial charge >= 0.3 is 6.09 Å². The van der Waals surface area contributed by atoms with Crippen LogP contribution >= 0.6 is 0 Å². The lowest BCUT2D eigenvalue weighted by Gasteiger charge is -2.34. The topological polar surface area (TPSA) is 65.1 Å². The number of carbonyl (C=O) groups is 2. The molecule has 0 unspecified atom stereocenters. The summed E-state index contributed by atoms with van der Waals surface area (Å²) in [6, 6.07) is 8.03. The van der Waals surface area contributed by atoms with E-state index in [-0.39, 0.29) is 5.91 Å². The van der Waals surface area contributed by atoms with Crippen LogP contribution < -0.4 is 15.1 Å². The number of nitrogens with zero attached hydrogens (tertiary/aromatic N) is 3. The Bertz CT molecular complexity index is 632. The second kappa shape index (κ2) is 9.08. The minimum absolute atomic E-state index is 0.0617. The molecule has 1 aromatic rings. The molecule has 0 aliphatic carbocycles. The van der Waals surface area contributed by atoms with Gasteiger partial charge in [-0.3, -0.25) is 4.79 Å². The molecule has 0 saturated carbocycles. The molecule has 1 aliphatic rings. The first kappa shape index (κ1) is 21.0. The van der Waals surface area contributed by atoms with Crippen LogP contribution in [0.2, 0.25) is 0 Å². The Labute approximate surface area is 162 Å². The molecule has 2 amide bonds. The average Bonchev–Trinajstić information content (AvgIpc) is 2.58. The fraction of sp³-hybridized carbons (Fsp3) is 0.600. The van der Waals surface area contributed by atoms with Crippen LogP contribution in [0.25, 0.3) is 0 Å². The second-order valence-electron chi connectivity index (χ2n) is 7.91. The number of alkyl carbamates (subject to hydrolysis) is 1. The van der Waals surface area contributed by atoms with E-state index < -0.39 is 11.7 Å². The highest BCUT2D eigenvalue weighted by molar-refractivity contribution is 5.91. The van der Waals surface area contributed by atoms with Gasteiger partial charge < -0.3 is 24.8 Å². The summed E-state index contributed by atoms with van der Waals surface area (Å²) >= 11 is 0. The number of nitrogens with one attached hydrogen (secondary N) is 1. The van der Waals surface area contributed by atoms with Crippen molar-refractivity contribution in [1.29, 1.82) is 0 Å². The van der Waals surface area contributed by atoms with Gasteiger partial charge in [0, 0.05) is 57.6 Å². The zero-order valence-corrected chi connectivity index (χ0v) is 17.1. The van der Waals surface area contributed by atoms with Crippen molar-refractivity contribution < 1.29 is 14.3 Å². The van der Waals surface area contributed by atoms with Gasteiger partial charge in [-0.25, -0.2) is 4.79 Å². The van der Waals surface area contributed by atoms with Crippen LogP contribution in [0, 0.1) is 0 Å². The van der Waals surface area contributed by atoms with Crippen LogP contribution in [0.1, 0.15) is 27.7 Å². The molecule has 1 fully saturated rings. The van der Waals surface area contributed by atoms with Gasteiger partial charge in [0.05, 0.1) is 0 Å². The Kier molecular flexibility index (Phi) is 7.07. The number of benzene rings is 1. The zero-order valence-electron chi connectivity index (χ0n) is 17.1. The monoisotopic (exact) mass is 376 g/mol. The first-order valence-corrected chi connectivity index (χ1v) is 9.44. The fourth-order valence-corrected chi connectivity index (χ4v) is 2.96. The summed E-state index contributed by atoms with van der Waals surface area (Å²) in [5, 5.41) is 2.69. The fourth-order valence-electron chi connectivity index (χ4n) is 2.96. The summed E-state index contributed by atoms with van der Waals surface area (Å²) in [5.74, 6) is -0.0617. The molecule has 1 aliphatic heterocycles. The van der Waals surface area contributed by atoms with Gasteiger partial charge in [0.1, 0.15) is 5.60 Å². The molecule has 1 saturated heterocycles. The average molecular weight is 377 g/mol. The van der Waals surface area contributed by atoms with E-state index in [1.54, 1.807) is 4.90 Å². The molecule has 7 nitrogen and oxygen atoms in total. The summed E-state index contributed by atoms with van der Waals surface area (Å²) < 4.78 is 5.21. The Hall–Kier alpha value is -2.28. The maximum atomic E-state index is 12.0. The lowest BCUT2D eigenvalue weighted by atomic mass is 10.2. The highest BCUT2D eigenvalue weighted by atomic mass is 16.6. The number of hydrogen-bond donors (Lipinski definition) is 1. The quantitative estimate of drug-likeness (QED) is 0.854. The third-order valence-corrected chi connectivity index (χ3v) is 4.41. The lowest BCUT2D eigenvalue weighted by Crippen LogP contribution is -2.44.